The summed E-state index contributed by atoms with van der Waals surface area (Å²) in [5, 5.41) is 3.83. The van der Waals surface area contributed by atoms with Crippen molar-refractivity contribution in [3.63, 3.8) is 0 Å². The zero-order valence-corrected chi connectivity index (χ0v) is 17.6. The van der Waals surface area contributed by atoms with Crippen LogP contribution in [0.4, 0.5) is 5.69 Å². The summed E-state index contributed by atoms with van der Waals surface area (Å²) < 4.78 is 25.2. The molecule has 3 rings (SSSR count). The van der Waals surface area contributed by atoms with Gasteiger partial charge in [0.25, 0.3) is 10.0 Å². The molecule has 0 aliphatic carbocycles. The number of para-hydroxylation sites is 1. The van der Waals surface area contributed by atoms with Gasteiger partial charge in [-0.15, -0.1) is 0 Å². The van der Waals surface area contributed by atoms with E-state index in [-0.39, 0.29) is 17.2 Å². The second kappa shape index (κ2) is 8.28. The Balaban J connectivity index is 1.77. The lowest BCUT2D eigenvalue weighted by Crippen LogP contribution is -2.25. The monoisotopic (exact) mass is 413 g/mol. The molecule has 8 heteroatoms. The Labute approximate surface area is 170 Å². The van der Waals surface area contributed by atoms with Crippen LogP contribution in [0.25, 0.3) is 10.9 Å². The zero-order chi connectivity index (χ0) is 21.2. The number of rotatable bonds is 6. The number of hydrogen-bond donors (Lipinski definition) is 1. The van der Waals surface area contributed by atoms with Crippen LogP contribution in [0, 0.1) is 13.8 Å². The fourth-order valence-corrected chi connectivity index (χ4v) is 4.13. The van der Waals surface area contributed by atoms with Crippen LogP contribution in [-0.2, 0) is 26.1 Å². The maximum absolute atomic E-state index is 12.6. The number of nitrogens with one attached hydrogen (secondary N) is 1. The SMILES string of the molecule is CON(C)S(=O)(=O)c1ccc(NC(=O)Cc2c(C)nc3ccccc3c2C)cc1. The first kappa shape index (κ1) is 20.9. The topological polar surface area (TPSA) is 88.6 Å². The first-order valence-electron chi connectivity index (χ1n) is 9.02. The summed E-state index contributed by atoms with van der Waals surface area (Å²) >= 11 is 0. The highest BCUT2D eigenvalue weighted by Gasteiger charge is 2.20. The zero-order valence-electron chi connectivity index (χ0n) is 16.8. The van der Waals surface area contributed by atoms with Gasteiger partial charge in [0.2, 0.25) is 5.91 Å². The Hall–Kier alpha value is -2.81. The van der Waals surface area contributed by atoms with Crippen molar-refractivity contribution in [2.24, 2.45) is 0 Å². The molecule has 7 nitrogen and oxygen atoms in total. The number of fused-ring (bicyclic) bond motifs is 1. The quantitative estimate of drug-likeness (QED) is 0.627. The molecule has 0 saturated heterocycles. The Morgan fingerprint density at radius 1 is 1.10 bits per heavy atom. The van der Waals surface area contributed by atoms with Crippen LogP contribution >= 0.6 is 0 Å². The van der Waals surface area contributed by atoms with Crippen molar-refractivity contribution < 1.29 is 18.0 Å². The standard InChI is InChI=1S/C21H23N3O4S/c1-14-18-7-5-6-8-20(18)22-15(2)19(14)13-21(25)23-16-9-11-17(12-10-16)29(26,27)24(3)28-4/h5-12H,13H2,1-4H3,(H,23,25). The molecule has 1 aromatic heterocycles. The van der Waals surface area contributed by atoms with E-state index in [1.54, 1.807) is 12.1 Å². The first-order valence-corrected chi connectivity index (χ1v) is 10.5. The minimum absolute atomic E-state index is 0.0743. The van der Waals surface area contributed by atoms with Gasteiger partial charge in [-0.3, -0.25) is 14.6 Å². The number of aromatic nitrogens is 1. The summed E-state index contributed by atoms with van der Waals surface area (Å²) in [6, 6.07) is 13.8. The molecule has 0 bridgehead atoms. The van der Waals surface area contributed by atoms with E-state index < -0.39 is 10.0 Å². The van der Waals surface area contributed by atoms with Crippen LogP contribution in [0.15, 0.2) is 53.4 Å². The lowest BCUT2D eigenvalue weighted by Gasteiger charge is -2.15. The Morgan fingerprint density at radius 2 is 1.76 bits per heavy atom. The lowest BCUT2D eigenvalue weighted by molar-refractivity contribution is -0.115. The molecule has 2 aromatic carbocycles. The highest BCUT2D eigenvalue weighted by molar-refractivity contribution is 7.89. The molecule has 29 heavy (non-hydrogen) atoms. The number of carbonyl (C=O) groups is 1. The molecule has 0 saturated carbocycles. The fourth-order valence-electron chi connectivity index (χ4n) is 3.15. The maximum atomic E-state index is 12.6. The van der Waals surface area contributed by atoms with Crippen LogP contribution in [0.1, 0.15) is 16.8 Å². The molecule has 0 spiro atoms. The third kappa shape index (κ3) is 4.29. The van der Waals surface area contributed by atoms with E-state index in [0.29, 0.717) is 5.69 Å². The number of anilines is 1. The number of hydrogen-bond acceptors (Lipinski definition) is 5. The summed E-state index contributed by atoms with van der Waals surface area (Å²) in [6.45, 7) is 3.89. The van der Waals surface area contributed by atoms with Crippen LogP contribution in [-0.4, -0.2) is 37.9 Å². The molecule has 0 unspecified atom stereocenters. The number of pyridine rings is 1. The normalized spacial score (nSPS) is 11.8. The molecule has 0 fully saturated rings. The maximum Gasteiger partial charge on any atom is 0.264 e. The molecule has 1 heterocycles. The van der Waals surface area contributed by atoms with Crippen LogP contribution in [0.5, 0.6) is 0 Å². The molecular weight excluding hydrogens is 390 g/mol. The third-order valence-corrected chi connectivity index (χ3v) is 6.55. The Kier molecular flexibility index (Phi) is 5.97. The van der Waals surface area contributed by atoms with E-state index in [0.717, 1.165) is 32.2 Å². The van der Waals surface area contributed by atoms with E-state index >= 15 is 0 Å². The minimum atomic E-state index is -3.72. The summed E-state index contributed by atoms with van der Waals surface area (Å²) in [6.07, 6.45) is 0.183. The number of amides is 1. The first-order chi connectivity index (χ1) is 13.7. The van der Waals surface area contributed by atoms with Crippen molar-refractivity contribution in [3.8, 4) is 0 Å². The van der Waals surface area contributed by atoms with Crippen molar-refractivity contribution in [2.75, 3.05) is 19.5 Å². The van der Waals surface area contributed by atoms with Gasteiger partial charge in [0.1, 0.15) is 0 Å². The van der Waals surface area contributed by atoms with E-state index in [4.69, 9.17) is 4.84 Å². The van der Waals surface area contributed by atoms with Crippen molar-refractivity contribution in [2.45, 2.75) is 25.2 Å². The molecule has 152 valence electrons. The second-order valence-corrected chi connectivity index (χ2v) is 8.60. The number of carbonyl (C=O) groups excluding carboxylic acids is 1. The summed E-state index contributed by atoms with van der Waals surface area (Å²) in [5.41, 5.74) is 4.16. The van der Waals surface area contributed by atoms with E-state index in [9.17, 15) is 13.2 Å². The number of nitrogens with zero attached hydrogens (tertiary/aromatic N) is 2. The van der Waals surface area contributed by atoms with Gasteiger partial charge in [0, 0.05) is 23.8 Å². The third-order valence-electron chi connectivity index (χ3n) is 4.85. The molecule has 1 N–H and O–H groups in total. The van der Waals surface area contributed by atoms with Crippen LogP contribution in [0.2, 0.25) is 0 Å². The van der Waals surface area contributed by atoms with Crippen molar-refractivity contribution >= 4 is 32.5 Å². The fraction of sp³-hybridized carbons (Fsp3) is 0.238. The van der Waals surface area contributed by atoms with Gasteiger partial charge in [-0.25, -0.2) is 8.42 Å². The largest absolute Gasteiger partial charge is 0.326 e. The number of hydroxylamine groups is 1. The summed E-state index contributed by atoms with van der Waals surface area (Å²) in [7, 11) is -1.14. The highest BCUT2D eigenvalue weighted by Crippen LogP contribution is 2.23. The number of aryl methyl sites for hydroxylation is 2. The van der Waals surface area contributed by atoms with Crippen LogP contribution in [0.3, 0.4) is 0 Å². The van der Waals surface area contributed by atoms with Gasteiger partial charge in [-0.05, 0) is 55.3 Å². The second-order valence-electron chi connectivity index (χ2n) is 6.66. The molecule has 0 aliphatic rings. The van der Waals surface area contributed by atoms with Crippen molar-refractivity contribution in [1.82, 2.24) is 9.45 Å². The highest BCUT2D eigenvalue weighted by atomic mass is 32.2. The van der Waals surface area contributed by atoms with E-state index in [2.05, 4.69) is 10.3 Å². The average molecular weight is 413 g/mol. The summed E-state index contributed by atoms with van der Waals surface area (Å²) in [5.74, 6) is -0.196. The molecule has 0 radical (unpaired) electrons. The molecule has 0 atom stereocenters. The Morgan fingerprint density at radius 3 is 2.41 bits per heavy atom. The minimum Gasteiger partial charge on any atom is -0.326 e. The van der Waals surface area contributed by atoms with Crippen LogP contribution < -0.4 is 5.32 Å². The van der Waals surface area contributed by atoms with Gasteiger partial charge in [0.05, 0.1) is 23.9 Å². The molecule has 3 aromatic rings. The van der Waals surface area contributed by atoms with E-state index in [1.807, 2.05) is 38.1 Å². The summed E-state index contributed by atoms with van der Waals surface area (Å²) in [4.78, 5) is 22.0. The predicted molar refractivity (Wildman–Crippen MR) is 112 cm³/mol. The number of sulfonamides is 1. The number of benzene rings is 2. The molecule has 0 aliphatic heterocycles. The lowest BCUT2D eigenvalue weighted by atomic mass is 9.99. The van der Waals surface area contributed by atoms with Crippen molar-refractivity contribution in [3.05, 3.63) is 65.4 Å². The Bertz CT molecular complexity index is 1160. The van der Waals surface area contributed by atoms with Gasteiger partial charge in [0.15, 0.2) is 0 Å². The van der Waals surface area contributed by atoms with Gasteiger partial charge in [-0.1, -0.05) is 22.7 Å². The van der Waals surface area contributed by atoms with E-state index in [1.165, 1.54) is 26.3 Å². The predicted octanol–water partition coefficient (Wildman–Crippen LogP) is 3.21. The van der Waals surface area contributed by atoms with Crippen molar-refractivity contribution in [1.29, 1.82) is 0 Å². The molecule has 1 amide bonds. The van der Waals surface area contributed by atoms with Gasteiger partial charge < -0.3 is 5.32 Å². The smallest absolute Gasteiger partial charge is 0.264 e. The van der Waals surface area contributed by atoms with Gasteiger partial charge >= 0.3 is 0 Å². The molecular formula is C21H23N3O4S. The van der Waals surface area contributed by atoms with Gasteiger partial charge in [-0.2, -0.15) is 0 Å². The average Bonchev–Trinajstić information content (AvgIpc) is 2.70.